The number of nitrogens with one attached hydrogen (secondary N) is 3. The van der Waals surface area contributed by atoms with E-state index in [0.717, 1.165) is 45.4 Å². The van der Waals surface area contributed by atoms with Crippen LogP contribution in [0.3, 0.4) is 0 Å². The third-order valence-electron chi connectivity index (χ3n) is 10.2. The summed E-state index contributed by atoms with van der Waals surface area (Å²) in [5.74, 6) is -0.873. The number of unbranched alkanes of at least 4 members (excludes halogenated alkanes) is 4. The number of benzene rings is 3. The Morgan fingerprint density at radius 3 is 2.12 bits per heavy atom. The number of carboxylic acid groups (broad SMARTS) is 1. The van der Waals surface area contributed by atoms with Crippen molar-refractivity contribution >= 4 is 28.8 Å². The number of carbonyl (C=O) groups is 3. The van der Waals surface area contributed by atoms with Gasteiger partial charge in [-0.2, -0.15) is 0 Å². The average molecular weight is 781 g/mol. The van der Waals surface area contributed by atoms with Crippen molar-refractivity contribution in [3.63, 3.8) is 0 Å². The Labute approximate surface area is 339 Å². The molecule has 1 unspecified atom stereocenters. The Hall–Kier alpha value is -6.36. The van der Waals surface area contributed by atoms with Crippen molar-refractivity contribution in [1.82, 2.24) is 30.6 Å². The zero-order chi connectivity index (χ0) is 41.1. The summed E-state index contributed by atoms with van der Waals surface area (Å²) in [6.45, 7) is 9.20. The fraction of sp³-hybridized carbons (Fsp3) is 0.319. The number of fused-ring (bicyclic) bond motifs is 1. The van der Waals surface area contributed by atoms with E-state index in [4.69, 9.17) is 4.74 Å². The Morgan fingerprint density at radius 1 is 0.759 bits per heavy atom. The number of aliphatic carboxylic acids is 1. The van der Waals surface area contributed by atoms with E-state index in [1.165, 1.54) is 25.7 Å². The SMILES string of the molecule is CCCCCCCOc1ccc(-c2cnc(-c3ccc(C[C@H](NC(=O)c4ccc(C(C)(C)C)cc4)C(=O)NC(Cc4c[nH]c5ncccc45)C(=O)O)cc3)nc2)cc1. The number of nitrogens with zero attached hydrogens (tertiary/aromatic N) is 3. The van der Waals surface area contributed by atoms with Crippen molar-refractivity contribution < 1.29 is 24.2 Å². The van der Waals surface area contributed by atoms with E-state index in [2.05, 4.69) is 58.3 Å². The lowest BCUT2D eigenvalue weighted by atomic mass is 9.86. The molecule has 0 aliphatic heterocycles. The predicted molar refractivity (Wildman–Crippen MR) is 227 cm³/mol. The maximum Gasteiger partial charge on any atom is 0.326 e. The van der Waals surface area contributed by atoms with E-state index in [0.29, 0.717) is 29.2 Å². The van der Waals surface area contributed by atoms with Gasteiger partial charge in [0.1, 0.15) is 23.5 Å². The first-order valence-corrected chi connectivity index (χ1v) is 20.0. The van der Waals surface area contributed by atoms with Crippen LogP contribution in [0.25, 0.3) is 33.5 Å². The minimum atomic E-state index is -1.25. The molecular formula is C47H52N6O5. The van der Waals surface area contributed by atoms with Gasteiger partial charge in [-0.15, -0.1) is 0 Å². The van der Waals surface area contributed by atoms with Crippen molar-refractivity contribution in [3.05, 3.63) is 132 Å². The van der Waals surface area contributed by atoms with E-state index >= 15 is 0 Å². The molecule has 0 spiro atoms. The van der Waals surface area contributed by atoms with Crippen LogP contribution in [0.15, 0.2) is 110 Å². The molecule has 0 radical (unpaired) electrons. The number of H-pyrrole nitrogens is 1. The second kappa shape index (κ2) is 19.2. The van der Waals surface area contributed by atoms with Gasteiger partial charge in [-0.25, -0.2) is 19.7 Å². The first-order valence-electron chi connectivity index (χ1n) is 20.0. The van der Waals surface area contributed by atoms with E-state index in [1.54, 1.807) is 43.0 Å². The molecule has 0 bridgehead atoms. The Morgan fingerprint density at radius 2 is 1.45 bits per heavy atom. The fourth-order valence-electron chi connectivity index (χ4n) is 6.74. The number of hydrogen-bond acceptors (Lipinski definition) is 7. The Bertz CT molecular complexity index is 2280. The van der Waals surface area contributed by atoms with Crippen LogP contribution in [0, 0.1) is 0 Å². The number of carboxylic acids is 1. The van der Waals surface area contributed by atoms with Gasteiger partial charge in [-0.1, -0.05) is 102 Å². The molecule has 300 valence electrons. The lowest BCUT2D eigenvalue weighted by molar-refractivity contribution is -0.142. The van der Waals surface area contributed by atoms with Gasteiger partial charge in [-0.3, -0.25) is 9.59 Å². The van der Waals surface area contributed by atoms with Gasteiger partial charge in [0.05, 0.1) is 6.61 Å². The maximum absolute atomic E-state index is 13.9. The Kier molecular flexibility index (Phi) is 13.7. The maximum atomic E-state index is 13.9. The van der Waals surface area contributed by atoms with E-state index < -0.39 is 29.9 Å². The van der Waals surface area contributed by atoms with Crippen molar-refractivity contribution in [2.75, 3.05) is 6.61 Å². The van der Waals surface area contributed by atoms with Crippen LogP contribution in [-0.4, -0.2) is 61.5 Å². The molecule has 2 amide bonds. The van der Waals surface area contributed by atoms with E-state index in [1.807, 2.05) is 66.7 Å². The summed E-state index contributed by atoms with van der Waals surface area (Å²) in [6.07, 6.45) is 13.0. The molecule has 2 atom stereocenters. The predicted octanol–water partition coefficient (Wildman–Crippen LogP) is 8.49. The summed E-state index contributed by atoms with van der Waals surface area (Å²) in [7, 11) is 0. The lowest BCUT2D eigenvalue weighted by Gasteiger charge is -2.22. The summed E-state index contributed by atoms with van der Waals surface area (Å²) in [4.78, 5) is 56.5. The summed E-state index contributed by atoms with van der Waals surface area (Å²) in [5.41, 5.74) is 6.08. The van der Waals surface area contributed by atoms with Gasteiger partial charge in [0, 0.05) is 59.7 Å². The van der Waals surface area contributed by atoms with Crippen molar-refractivity contribution in [2.24, 2.45) is 0 Å². The third kappa shape index (κ3) is 10.9. The van der Waals surface area contributed by atoms with Crippen molar-refractivity contribution in [2.45, 2.75) is 90.1 Å². The number of ether oxygens (including phenoxy) is 1. The monoisotopic (exact) mass is 780 g/mol. The number of rotatable bonds is 18. The van der Waals surface area contributed by atoms with Gasteiger partial charge >= 0.3 is 5.97 Å². The Balaban J connectivity index is 1.14. The summed E-state index contributed by atoms with van der Waals surface area (Å²) >= 11 is 0. The molecule has 0 aliphatic rings. The van der Waals surface area contributed by atoms with Gasteiger partial charge in [0.25, 0.3) is 5.91 Å². The van der Waals surface area contributed by atoms with Crippen LogP contribution in [-0.2, 0) is 27.8 Å². The highest BCUT2D eigenvalue weighted by atomic mass is 16.5. The normalized spacial score (nSPS) is 12.5. The molecule has 11 heteroatoms. The van der Waals surface area contributed by atoms with Crippen LogP contribution in [0.2, 0.25) is 0 Å². The largest absolute Gasteiger partial charge is 0.494 e. The molecule has 3 heterocycles. The van der Waals surface area contributed by atoms with Gasteiger partial charge in [0.2, 0.25) is 5.91 Å². The second-order valence-electron chi connectivity index (χ2n) is 15.7. The number of hydrogen-bond donors (Lipinski definition) is 4. The molecule has 6 aromatic rings. The molecule has 11 nitrogen and oxygen atoms in total. The quantitative estimate of drug-likeness (QED) is 0.0633. The highest BCUT2D eigenvalue weighted by Crippen LogP contribution is 2.25. The standard InChI is InChI=1S/C47H52N6O5/c1-5-6-7-8-9-25-58-38-22-18-32(19-23-38)36-29-49-42(50-30-36)33-14-12-31(13-15-33)26-40(52-44(54)34-16-20-37(21-17-34)47(2,3)4)45(55)53-41(46(56)57)27-35-28-51-43-39(35)11-10-24-48-43/h10-24,28-30,40-41H,5-9,25-27H2,1-4H3,(H,48,51)(H,52,54)(H,53,55)(H,56,57)/t40-,41?/m0/s1. The summed E-state index contributed by atoms with van der Waals surface area (Å²) in [5, 5.41) is 16.5. The van der Waals surface area contributed by atoms with Gasteiger partial charge in [0.15, 0.2) is 5.82 Å². The molecular weight excluding hydrogens is 729 g/mol. The number of aromatic nitrogens is 4. The summed E-state index contributed by atoms with van der Waals surface area (Å²) in [6, 6.07) is 23.9. The molecule has 0 saturated heterocycles. The molecule has 4 N–H and O–H groups in total. The zero-order valence-corrected chi connectivity index (χ0v) is 33.6. The van der Waals surface area contributed by atoms with E-state index in [9.17, 15) is 19.5 Å². The summed E-state index contributed by atoms with van der Waals surface area (Å²) < 4.78 is 5.91. The minimum absolute atomic E-state index is 0.0220. The number of amides is 2. The first-order chi connectivity index (χ1) is 28.0. The molecule has 58 heavy (non-hydrogen) atoms. The van der Waals surface area contributed by atoms with Crippen LogP contribution in [0.4, 0.5) is 0 Å². The van der Waals surface area contributed by atoms with Gasteiger partial charge in [-0.05, 0) is 70.5 Å². The topological polar surface area (TPSA) is 159 Å². The van der Waals surface area contributed by atoms with Gasteiger partial charge < -0.3 is 25.5 Å². The molecule has 0 saturated carbocycles. The third-order valence-corrected chi connectivity index (χ3v) is 10.2. The fourth-order valence-corrected chi connectivity index (χ4v) is 6.74. The lowest BCUT2D eigenvalue weighted by Crippen LogP contribution is -2.53. The van der Waals surface area contributed by atoms with Crippen LogP contribution < -0.4 is 15.4 Å². The van der Waals surface area contributed by atoms with Crippen LogP contribution in [0.1, 0.15) is 86.8 Å². The highest BCUT2D eigenvalue weighted by Gasteiger charge is 2.28. The number of aromatic amines is 1. The number of carbonyl (C=O) groups excluding carboxylic acids is 2. The molecule has 3 aromatic heterocycles. The molecule has 6 rings (SSSR count). The minimum Gasteiger partial charge on any atom is -0.494 e. The molecule has 0 fully saturated rings. The zero-order valence-electron chi connectivity index (χ0n) is 33.6. The first kappa shape index (κ1) is 41.3. The highest BCUT2D eigenvalue weighted by molar-refractivity contribution is 5.98. The van der Waals surface area contributed by atoms with Crippen molar-refractivity contribution in [3.8, 4) is 28.3 Å². The van der Waals surface area contributed by atoms with Crippen LogP contribution in [0.5, 0.6) is 5.75 Å². The molecule has 0 aliphatic carbocycles. The smallest absolute Gasteiger partial charge is 0.326 e. The molecule has 3 aromatic carbocycles. The van der Waals surface area contributed by atoms with Crippen LogP contribution >= 0.6 is 0 Å². The number of pyridine rings is 1. The van der Waals surface area contributed by atoms with Crippen molar-refractivity contribution in [1.29, 1.82) is 0 Å². The average Bonchev–Trinajstić information content (AvgIpc) is 3.64. The second-order valence-corrected chi connectivity index (χ2v) is 15.7. The van der Waals surface area contributed by atoms with E-state index in [-0.39, 0.29) is 18.3 Å².